The molecule has 0 saturated carbocycles. The Hall–Kier alpha value is -1.01. The van der Waals surface area contributed by atoms with E-state index in [0.29, 0.717) is 0 Å². The van der Waals surface area contributed by atoms with Crippen molar-refractivity contribution in [1.29, 1.82) is 0 Å². The molecule has 27 heavy (non-hydrogen) atoms. The van der Waals surface area contributed by atoms with Gasteiger partial charge in [-0.3, -0.25) is 0 Å². The van der Waals surface area contributed by atoms with E-state index in [1.807, 2.05) is 0 Å². The molecule has 0 aromatic rings. The highest BCUT2D eigenvalue weighted by atomic mass is 28.4. The molecular weight excluding hydrogens is 396 g/mol. The molecule has 9 heteroatoms. The van der Waals surface area contributed by atoms with Gasteiger partial charge in [0.05, 0.1) is 9.52 Å². The predicted molar refractivity (Wildman–Crippen MR) is 121 cm³/mol. The molecule has 0 fully saturated rings. The summed E-state index contributed by atoms with van der Waals surface area (Å²) in [6, 6.07) is 1.33. The summed E-state index contributed by atoms with van der Waals surface area (Å²) in [6.07, 6.45) is 1.27. The largest absolute Gasteiger partial charge is 0.478 e. The van der Waals surface area contributed by atoms with Crippen LogP contribution in [0.4, 0.5) is 0 Å². The van der Waals surface area contributed by atoms with Gasteiger partial charge in [0.15, 0.2) is 16.6 Å². The number of carboxylic acid groups (broad SMARTS) is 2. The van der Waals surface area contributed by atoms with Crippen molar-refractivity contribution in [3.63, 3.8) is 0 Å². The second kappa shape index (κ2) is 15.0. The molecule has 2 N–H and O–H groups in total. The van der Waals surface area contributed by atoms with E-state index >= 15 is 0 Å². The Labute approximate surface area is 169 Å². The number of hydrogen-bond acceptors (Lipinski definition) is 4. The molecule has 0 spiro atoms. The van der Waals surface area contributed by atoms with Crippen molar-refractivity contribution < 1.29 is 28.7 Å². The molecule has 0 heterocycles. The number of rotatable bonds is 9. The Balaban J connectivity index is -0.000000394. The lowest BCUT2D eigenvalue weighted by atomic mass is 10.4. The molecule has 0 aromatic carbocycles. The molecule has 160 valence electrons. The Morgan fingerprint density at radius 2 is 1.15 bits per heavy atom. The van der Waals surface area contributed by atoms with Gasteiger partial charge in [0.25, 0.3) is 0 Å². The first kappa shape index (κ1) is 30.7. The van der Waals surface area contributed by atoms with E-state index in [9.17, 15) is 9.59 Å². The molecule has 0 aliphatic carbocycles. The summed E-state index contributed by atoms with van der Waals surface area (Å²) in [5.41, 5.74) is 0.352. The minimum atomic E-state index is -1.44. The van der Waals surface area contributed by atoms with E-state index in [-0.39, 0.29) is 26.6 Å². The van der Waals surface area contributed by atoms with Crippen molar-refractivity contribution in [3.05, 3.63) is 24.3 Å². The normalized spacial score (nSPS) is 11.3. The minimum absolute atomic E-state index is 0.176. The van der Waals surface area contributed by atoms with Crippen LogP contribution < -0.4 is 0 Å². The van der Waals surface area contributed by atoms with Gasteiger partial charge in [-0.25, -0.2) is 9.59 Å². The van der Waals surface area contributed by atoms with Gasteiger partial charge in [0, 0.05) is 11.1 Å². The third-order valence-electron chi connectivity index (χ3n) is 2.49. The fourth-order valence-corrected chi connectivity index (χ4v) is 7.76. The SMILES string of the molecule is C=C(C)C(=O)O.C=C(C)C(=O)O.CCC[SiH2]C(O[Si](C)(C)C)O[Si](C)(C)C. The van der Waals surface area contributed by atoms with Crippen molar-refractivity contribution in [2.75, 3.05) is 0 Å². The van der Waals surface area contributed by atoms with Crippen molar-refractivity contribution in [2.45, 2.75) is 78.4 Å². The summed E-state index contributed by atoms with van der Waals surface area (Å²) >= 11 is 0. The highest BCUT2D eigenvalue weighted by Gasteiger charge is 2.26. The lowest BCUT2D eigenvalue weighted by molar-refractivity contribution is -0.133. The first-order valence-corrected chi connectivity index (χ1v) is 17.7. The average Bonchev–Trinajstić information content (AvgIpc) is 2.42. The molecule has 0 bridgehead atoms. The molecule has 0 aromatic heterocycles. The summed E-state index contributed by atoms with van der Waals surface area (Å²) in [4.78, 5) is 19.2. The second-order valence-corrected chi connectivity index (χ2v) is 19.1. The first-order valence-electron chi connectivity index (χ1n) is 9.06. The molecule has 0 aliphatic heterocycles. The van der Waals surface area contributed by atoms with Gasteiger partial charge in [0.1, 0.15) is 5.91 Å². The van der Waals surface area contributed by atoms with Crippen LogP contribution in [-0.4, -0.2) is 54.2 Å². The van der Waals surface area contributed by atoms with Crippen LogP contribution in [0.15, 0.2) is 24.3 Å². The molecule has 6 nitrogen and oxygen atoms in total. The van der Waals surface area contributed by atoms with Crippen LogP contribution in [-0.2, 0) is 18.4 Å². The zero-order chi connectivity index (χ0) is 22.4. The minimum Gasteiger partial charge on any atom is -0.478 e. The van der Waals surface area contributed by atoms with Crippen molar-refractivity contribution in [1.82, 2.24) is 0 Å². The van der Waals surface area contributed by atoms with Crippen LogP contribution in [0.1, 0.15) is 27.2 Å². The van der Waals surface area contributed by atoms with Crippen LogP contribution in [0.25, 0.3) is 0 Å². The van der Waals surface area contributed by atoms with Crippen LogP contribution in [0.2, 0.25) is 45.3 Å². The fourth-order valence-electron chi connectivity index (χ4n) is 1.30. The lowest BCUT2D eigenvalue weighted by Gasteiger charge is -2.31. The van der Waals surface area contributed by atoms with Crippen LogP contribution >= 0.6 is 0 Å². The second-order valence-electron chi connectivity index (χ2n) is 8.20. The van der Waals surface area contributed by atoms with E-state index in [4.69, 9.17) is 19.1 Å². The summed E-state index contributed by atoms with van der Waals surface area (Å²) < 4.78 is 12.3. The number of hydrogen-bond donors (Lipinski definition) is 2. The lowest BCUT2D eigenvalue weighted by Crippen LogP contribution is -2.42. The molecule has 0 saturated heterocycles. The molecule has 0 aliphatic rings. The molecule has 0 unspecified atom stereocenters. The van der Waals surface area contributed by atoms with Gasteiger partial charge >= 0.3 is 11.9 Å². The van der Waals surface area contributed by atoms with Crippen LogP contribution in [0, 0.1) is 0 Å². The van der Waals surface area contributed by atoms with E-state index in [2.05, 4.69) is 59.4 Å². The summed E-state index contributed by atoms with van der Waals surface area (Å²) in [5.74, 6) is -1.69. The summed E-state index contributed by atoms with van der Waals surface area (Å²) in [7, 11) is -3.09. The van der Waals surface area contributed by atoms with E-state index in [1.54, 1.807) is 0 Å². The molecular formula is C18H40O6Si3. The van der Waals surface area contributed by atoms with Gasteiger partial charge in [-0.1, -0.05) is 32.5 Å². The molecule has 0 amide bonds. The van der Waals surface area contributed by atoms with Gasteiger partial charge in [-0.15, -0.1) is 0 Å². The number of carboxylic acids is 2. The molecule has 0 atom stereocenters. The Bertz CT molecular complexity index is 414. The fraction of sp³-hybridized carbons (Fsp3) is 0.667. The molecule has 0 radical (unpaired) electrons. The number of carbonyl (C=O) groups is 2. The van der Waals surface area contributed by atoms with Gasteiger partial charge in [-0.2, -0.15) is 0 Å². The maximum atomic E-state index is 9.60. The van der Waals surface area contributed by atoms with Gasteiger partial charge in [0.2, 0.25) is 0 Å². The Kier molecular flexibility index (Phi) is 17.0. The first-order chi connectivity index (χ1) is 11.9. The zero-order valence-corrected chi connectivity index (χ0v) is 22.1. The van der Waals surface area contributed by atoms with E-state index in [1.165, 1.54) is 26.3 Å². The van der Waals surface area contributed by atoms with Gasteiger partial charge in [-0.05, 0) is 53.1 Å². The standard InChI is InChI=1S/C10H28O2Si3.2C4H6O2/c1-8-9-13-10(11-14(2,3)4)12-15(5,6)7;2*1-3(2)4(5)6/h10H,8-9,13H2,1-7H3;2*1H2,2H3,(H,5,6). The maximum absolute atomic E-state index is 9.60. The Morgan fingerprint density at radius 1 is 0.889 bits per heavy atom. The maximum Gasteiger partial charge on any atom is 0.330 e. The molecule has 0 rings (SSSR count). The summed E-state index contributed by atoms with van der Waals surface area (Å²) in [5, 5.41) is 15.8. The highest BCUT2D eigenvalue weighted by molar-refractivity contribution is 6.71. The van der Waals surface area contributed by atoms with E-state index in [0.717, 1.165) is 0 Å². The van der Waals surface area contributed by atoms with Crippen molar-refractivity contribution in [2.24, 2.45) is 0 Å². The predicted octanol–water partition coefficient (Wildman–Crippen LogP) is 4.26. The third-order valence-corrected chi connectivity index (χ3v) is 7.02. The van der Waals surface area contributed by atoms with E-state index < -0.39 is 28.6 Å². The van der Waals surface area contributed by atoms with Crippen molar-refractivity contribution >= 4 is 38.1 Å². The van der Waals surface area contributed by atoms with Gasteiger partial charge < -0.3 is 19.1 Å². The third kappa shape index (κ3) is 30.0. The smallest absolute Gasteiger partial charge is 0.330 e. The summed E-state index contributed by atoms with van der Waals surface area (Å²) in [6.45, 7) is 24.9. The van der Waals surface area contributed by atoms with Crippen LogP contribution in [0.5, 0.6) is 0 Å². The number of aliphatic carboxylic acids is 2. The topological polar surface area (TPSA) is 93.1 Å². The monoisotopic (exact) mass is 436 g/mol. The Morgan fingerprint density at radius 3 is 1.30 bits per heavy atom. The zero-order valence-electron chi connectivity index (χ0n) is 18.6. The quantitative estimate of drug-likeness (QED) is 0.318. The van der Waals surface area contributed by atoms with Crippen molar-refractivity contribution in [3.8, 4) is 0 Å². The van der Waals surface area contributed by atoms with Crippen LogP contribution in [0.3, 0.4) is 0 Å². The highest BCUT2D eigenvalue weighted by Crippen LogP contribution is 2.14. The average molecular weight is 437 g/mol.